The Kier molecular flexibility index (Phi) is 5.85. The van der Waals surface area contributed by atoms with Crippen molar-refractivity contribution in [3.63, 3.8) is 0 Å². The van der Waals surface area contributed by atoms with E-state index in [4.69, 9.17) is 0 Å². The van der Waals surface area contributed by atoms with Crippen LogP contribution in [0.5, 0.6) is 0 Å². The Balaban J connectivity index is 2.23. The number of thiophene rings is 1. The van der Waals surface area contributed by atoms with E-state index in [9.17, 15) is 0 Å². The van der Waals surface area contributed by atoms with Crippen molar-refractivity contribution in [2.45, 2.75) is 32.7 Å². The van der Waals surface area contributed by atoms with E-state index in [0.717, 1.165) is 13.0 Å². The Labute approximate surface area is 133 Å². The van der Waals surface area contributed by atoms with Gasteiger partial charge in [-0.15, -0.1) is 0 Å². The van der Waals surface area contributed by atoms with E-state index in [1.165, 1.54) is 26.7 Å². The maximum atomic E-state index is 3.69. The Morgan fingerprint density at radius 1 is 1.32 bits per heavy atom. The summed E-state index contributed by atoms with van der Waals surface area (Å²) >= 11 is 4.25. The largest absolute Gasteiger partial charge is 0.310 e. The van der Waals surface area contributed by atoms with Crippen LogP contribution < -0.4 is 5.32 Å². The van der Waals surface area contributed by atoms with Crippen molar-refractivity contribution in [1.29, 1.82) is 0 Å². The molecule has 0 saturated carbocycles. The Morgan fingerprint density at radius 3 is 2.84 bits per heavy atom. The summed E-state index contributed by atoms with van der Waals surface area (Å²) in [4.78, 5) is 0. The van der Waals surface area contributed by atoms with Gasteiger partial charge in [0, 0.05) is 9.61 Å². The fourth-order valence-corrected chi connectivity index (χ4v) is 3.61. The SMILES string of the molecule is CCCNC(Cc1ccsc1)c1cccc(C)c1I. The molecule has 0 aliphatic heterocycles. The van der Waals surface area contributed by atoms with Gasteiger partial charge in [-0.25, -0.2) is 0 Å². The maximum Gasteiger partial charge on any atom is 0.0371 e. The quantitative estimate of drug-likeness (QED) is 0.695. The van der Waals surface area contributed by atoms with Gasteiger partial charge in [0.15, 0.2) is 0 Å². The fraction of sp³-hybridized carbons (Fsp3) is 0.375. The molecule has 1 N–H and O–H groups in total. The van der Waals surface area contributed by atoms with E-state index >= 15 is 0 Å². The molecular formula is C16H20INS. The highest BCUT2D eigenvalue weighted by molar-refractivity contribution is 14.1. The summed E-state index contributed by atoms with van der Waals surface area (Å²) in [5.74, 6) is 0. The first-order valence-electron chi connectivity index (χ1n) is 6.71. The molecule has 1 unspecified atom stereocenters. The second-order valence-electron chi connectivity index (χ2n) is 4.82. The van der Waals surface area contributed by atoms with Crippen molar-refractivity contribution in [2.75, 3.05) is 6.54 Å². The molecule has 2 aromatic rings. The van der Waals surface area contributed by atoms with Crippen molar-refractivity contribution in [2.24, 2.45) is 0 Å². The smallest absolute Gasteiger partial charge is 0.0371 e. The van der Waals surface area contributed by atoms with Crippen LogP contribution in [0.15, 0.2) is 35.0 Å². The molecule has 3 heteroatoms. The number of halogens is 1. The number of nitrogens with one attached hydrogen (secondary N) is 1. The number of aryl methyl sites for hydroxylation is 1. The highest BCUT2D eigenvalue weighted by Crippen LogP contribution is 2.26. The van der Waals surface area contributed by atoms with Crippen molar-refractivity contribution < 1.29 is 0 Å². The van der Waals surface area contributed by atoms with Crippen LogP contribution in [0.3, 0.4) is 0 Å². The summed E-state index contributed by atoms with van der Waals surface area (Å²) in [5, 5.41) is 8.11. The topological polar surface area (TPSA) is 12.0 Å². The van der Waals surface area contributed by atoms with Gasteiger partial charge in [0.25, 0.3) is 0 Å². The average Bonchev–Trinajstić information content (AvgIpc) is 2.91. The predicted molar refractivity (Wildman–Crippen MR) is 93.0 cm³/mol. The van der Waals surface area contributed by atoms with Gasteiger partial charge >= 0.3 is 0 Å². The molecule has 0 amide bonds. The second-order valence-corrected chi connectivity index (χ2v) is 6.68. The van der Waals surface area contributed by atoms with Crippen LogP contribution in [-0.4, -0.2) is 6.54 Å². The molecule has 0 spiro atoms. The highest BCUT2D eigenvalue weighted by Gasteiger charge is 2.15. The molecule has 1 aromatic heterocycles. The van der Waals surface area contributed by atoms with E-state index < -0.39 is 0 Å². The van der Waals surface area contributed by atoms with E-state index in [2.05, 4.69) is 76.8 Å². The molecule has 0 saturated heterocycles. The fourth-order valence-electron chi connectivity index (χ4n) is 2.19. The molecule has 1 atom stereocenters. The molecule has 0 bridgehead atoms. The summed E-state index contributed by atoms with van der Waals surface area (Å²) in [6.45, 7) is 5.47. The lowest BCUT2D eigenvalue weighted by atomic mass is 9.99. The van der Waals surface area contributed by atoms with Crippen LogP contribution in [-0.2, 0) is 6.42 Å². The first kappa shape index (κ1) is 15.0. The zero-order valence-corrected chi connectivity index (χ0v) is 14.4. The monoisotopic (exact) mass is 385 g/mol. The first-order chi connectivity index (χ1) is 9.22. The van der Waals surface area contributed by atoms with Crippen LogP contribution in [0, 0.1) is 10.5 Å². The van der Waals surface area contributed by atoms with E-state index in [1.54, 1.807) is 11.3 Å². The molecule has 0 fully saturated rings. The third kappa shape index (κ3) is 4.04. The van der Waals surface area contributed by atoms with Gasteiger partial charge in [-0.1, -0.05) is 25.1 Å². The molecule has 0 radical (unpaired) electrons. The second kappa shape index (κ2) is 7.41. The van der Waals surface area contributed by atoms with Crippen LogP contribution in [0.25, 0.3) is 0 Å². The van der Waals surface area contributed by atoms with Crippen molar-refractivity contribution in [3.05, 3.63) is 55.3 Å². The van der Waals surface area contributed by atoms with Gasteiger partial charge in [-0.2, -0.15) is 11.3 Å². The zero-order valence-electron chi connectivity index (χ0n) is 11.4. The minimum absolute atomic E-state index is 0.418. The van der Waals surface area contributed by atoms with Gasteiger partial charge in [-0.3, -0.25) is 0 Å². The van der Waals surface area contributed by atoms with Gasteiger partial charge in [0.1, 0.15) is 0 Å². The van der Waals surface area contributed by atoms with Gasteiger partial charge in [0.05, 0.1) is 0 Å². The lowest BCUT2D eigenvalue weighted by Crippen LogP contribution is -2.25. The molecule has 2 rings (SSSR count). The molecule has 0 aliphatic carbocycles. The molecule has 1 heterocycles. The third-order valence-electron chi connectivity index (χ3n) is 3.26. The maximum absolute atomic E-state index is 3.69. The minimum Gasteiger partial charge on any atom is -0.310 e. The minimum atomic E-state index is 0.418. The number of hydrogen-bond donors (Lipinski definition) is 1. The normalized spacial score (nSPS) is 12.6. The third-order valence-corrected chi connectivity index (χ3v) is 5.46. The zero-order chi connectivity index (χ0) is 13.7. The van der Waals surface area contributed by atoms with Crippen molar-refractivity contribution >= 4 is 33.9 Å². The van der Waals surface area contributed by atoms with E-state index in [0.29, 0.717) is 6.04 Å². The Hall–Kier alpha value is -0.390. The summed E-state index contributed by atoms with van der Waals surface area (Å²) in [5.41, 5.74) is 4.22. The molecule has 19 heavy (non-hydrogen) atoms. The van der Waals surface area contributed by atoms with Crippen LogP contribution in [0.2, 0.25) is 0 Å². The summed E-state index contributed by atoms with van der Waals surface area (Å²) < 4.78 is 1.39. The molecule has 1 aromatic carbocycles. The molecular weight excluding hydrogens is 365 g/mol. The van der Waals surface area contributed by atoms with Crippen molar-refractivity contribution in [1.82, 2.24) is 5.32 Å². The number of rotatable bonds is 6. The van der Waals surface area contributed by atoms with E-state index in [-0.39, 0.29) is 0 Å². The van der Waals surface area contributed by atoms with Gasteiger partial charge in [0.2, 0.25) is 0 Å². The van der Waals surface area contributed by atoms with Gasteiger partial charge < -0.3 is 5.32 Å². The average molecular weight is 385 g/mol. The number of benzene rings is 1. The summed E-state index contributed by atoms with van der Waals surface area (Å²) in [6.07, 6.45) is 2.24. The van der Waals surface area contributed by atoms with Crippen LogP contribution in [0.4, 0.5) is 0 Å². The number of hydrogen-bond acceptors (Lipinski definition) is 2. The van der Waals surface area contributed by atoms with E-state index in [1.807, 2.05) is 0 Å². The van der Waals surface area contributed by atoms with Crippen LogP contribution in [0.1, 0.15) is 36.1 Å². The lowest BCUT2D eigenvalue weighted by molar-refractivity contribution is 0.527. The first-order valence-corrected chi connectivity index (χ1v) is 8.74. The highest BCUT2D eigenvalue weighted by atomic mass is 127. The predicted octanol–water partition coefficient (Wildman–Crippen LogP) is 4.94. The lowest BCUT2D eigenvalue weighted by Gasteiger charge is -2.21. The van der Waals surface area contributed by atoms with Crippen LogP contribution >= 0.6 is 33.9 Å². The molecule has 1 nitrogen and oxygen atoms in total. The Morgan fingerprint density at radius 2 is 2.16 bits per heavy atom. The Bertz CT molecular complexity index is 507. The summed E-state index contributed by atoms with van der Waals surface area (Å²) in [6, 6.07) is 9.26. The molecule has 0 aliphatic rings. The summed E-state index contributed by atoms with van der Waals surface area (Å²) in [7, 11) is 0. The molecule has 102 valence electrons. The van der Waals surface area contributed by atoms with Gasteiger partial charge in [-0.05, 0) is 82.4 Å². The van der Waals surface area contributed by atoms with Crippen molar-refractivity contribution in [3.8, 4) is 0 Å². The standard InChI is InChI=1S/C16H20INS/c1-3-8-18-15(10-13-7-9-19-11-13)14-6-4-5-12(2)16(14)17/h4-7,9,11,15,18H,3,8,10H2,1-2H3.